The maximum Gasteiger partial charge on any atom is 0.248 e. The van der Waals surface area contributed by atoms with Gasteiger partial charge in [0.05, 0.1) is 16.8 Å². The highest BCUT2D eigenvalue weighted by molar-refractivity contribution is 6.33. The van der Waals surface area contributed by atoms with Crippen LogP contribution in [0.4, 0.5) is 5.69 Å². The smallest absolute Gasteiger partial charge is 0.248 e. The largest absolute Gasteiger partial charge is 0.377 e. The summed E-state index contributed by atoms with van der Waals surface area (Å²) in [5.74, 6) is -0.461. The normalized spacial score (nSPS) is 11.9. The molecular formula is C16H17ClN2O. The van der Waals surface area contributed by atoms with E-state index in [4.69, 9.17) is 17.3 Å². The van der Waals surface area contributed by atoms with Crippen molar-refractivity contribution in [3.63, 3.8) is 0 Å². The van der Waals surface area contributed by atoms with E-state index >= 15 is 0 Å². The van der Waals surface area contributed by atoms with Crippen LogP contribution in [-0.4, -0.2) is 5.91 Å². The Balaban J connectivity index is 2.28. The lowest BCUT2D eigenvalue weighted by Gasteiger charge is -2.20. The molecular weight excluding hydrogens is 272 g/mol. The molecule has 20 heavy (non-hydrogen) atoms. The molecule has 2 aromatic carbocycles. The van der Waals surface area contributed by atoms with Crippen molar-refractivity contribution in [2.24, 2.45) is 5.73 Å². The first kappa shape index (κ1) is 14.4. The van der Waals surface area contributed by atoms with Crippen LogP contribution in [0.3, 0.4) is 0 Å². The quantitative estimate of drug-likeness (QED) is 0.873. The van der Waals surface area contributed by atoms with Crippen molar-refractivity contribution in [2.45, 2.75) is 19.4 Å². The summed E-state index contributed by atoms with van der Waals surface area (Å²) in [5, 5.41) is 3.94. The van der Waals surface area contributed by atoms with Crippen molar-refractivity contribution in [1.29, 1.82) is 0 Å². The predicted molar refractivity (Wildman–Crippen MR) is 83.1 cm³/mol. The Bertz CT molecular complexity index is 599. The van der Waals surface area contributed by atoms with Gasteiger partial charge in [-0.3, -0.25) is 4.79 Å². The second-order valence-electron chi connectivity index (χ2n) is 4.57. The van der Waals surface area contributed by atoms with Crippen LogP contribution in [0.2, 0.25) is 5.02 Å². The minimum Gasteiger partial charge on any atom is -0.377 e. The average Bonchev–Trinajstić information content (AvgIpc) is 2.47. The number of rotatable bonds is 5. The first-order valence-corrected chi connectivity index (χ1v) is 6.90. The molecule has 0 saturated heterocycles. The molecule has 4 heteroatoms. The zero-order chi connectivity index (χ0) is 14.5. The van der Waals surface area contributed by atoms with Crippen LogP contribution in [0.1, 0.15) is 35.3 Å². The molecule has 0 bridgehead atoms. The predicted octanol–water partition coefficient (Wildman–Crippen LogP) is 4.00. The van der Waals surface area contributed by atoms with E-state index in [-0.39, 0.29) is 6.04 Å². The highest BCUT2D eigenvalue weighted by atomic mass is 35.5. The molecule has 1 amide bonds. The Morgan fingerprint density at radius 3 is 2.55 bits per heavy atom. The molecule has 0 fully saturated rings. The fourth-order valence-electron chi connectivity index (χ4n) is 2.08. The number of primary amides is 1. The molecule has 2 rings (SSSR count). The summed E-state index contributed by atoms with van der Waals surface area (Å²) >= 11 is 6.17. The molecule has 0 heterocycles. The second kappa shape index (κ2) is 6.44. The third-order valence-electron chi connectivity index (χ3n) is 3.19. The Hall–Kier alpha value is -2.00. The van der Waals surface area contributed by atoms with Crippen LogP contribution in [0, 0.1) is 0 Å². The summed E-state index contributed by atoms with van der Waals surface area (Å²) in [5.41, 5.74) is 7.64. The molecule has 0 radical (unpaired) electrons. The molecule has 0 saturated carbocycles. The van der Waals surface area contributed by atoms with Gasteiger partial charge in [0.15, 0.2) is 0 Å². The van der Waals surface area contributed by atoms with Gasteiger partial charge in [-0.15, -0.1) is 0 Å². The number of hydrogen-bond acceptors (Lipinski definition) is 2. The molecule has 1 atom stereocenters. The van der Waals surface area contributed by atoms with Gasteiger partial charge in [0.25, 0.3) is 0 Å². The third-order valence-corrected chi connectivity index (χ3v) is 3.52. The molecule has 104 valence electrons. The number of hydrogen-bond donors (Lipinski definition) is 2. The summed E-state index contributed by atoms with van der Waals surface area (Å²) in [6.07, 6.45) is 0.904. The summed E-state index contributed by atoms with van der Waals surface area (Å²) < 4.78 is 0. The number of nitrogens with one attached hydrogen (secondary N) is 1. The minimum absolute atomic E-state index is 0.136. The Labute approximate surface area is 123 Å². The minimum atomic E-state index is -0.461. The first-order valence-electron chi connectivity index (χ1n) is 6.52. The van der Waals surface area contributed by atoms with E-state index in [1.807, 2.05) is 18.2 Å². The van der Waals surface area contributed by atoms with Crippen molar-refractivity contribution in [1.82, 2.24) is 0 Å². The summed E-state index contributed by atoms with van der Waals surface area (Å²) in [7, 11) is 0. The van der Waals surface area contributed by atoms with Gasteiger partial charge < -0.3 is 11.1 Å². The van der Waals surface area contributed by atoms with Crippen LogP contribution < -0.4 is 11.1 Å². The number of carbonyl (C=O) groups is 1. The van der Waals surface area contributed by atoms with Crippen LogP contribution >= 0.6 is 11.6 Å². The van der Waals surface area contributed by atoms with E-state index in [1.165, 1.54) is 5.56 Å². The van der Waals surface area contributed by atoms with Crippen molar-refractivity contribution in [3.05, 3.63) is 64.7 Å². The molecule has 0 spiro atoms. The SMILES string of the molecule is CCC(Nc1cc(C(N)=O)ccc1Cl)c1ccccc1. The Morgan fingerprint density at radius 2 is 1.95 bits per heavy atom. The number of carbonyl (C=O) groups excluding carboxylic acids is 1. The summed E-state index contributed by atoms with van der Waals surface area (Å²) in [6, 6.07) is 15.2. The Morgan fingerprint density at radius 1 is 1.25 bits per heavy atom. The monoisotopic (exact) mass is 288 g/mol. The number of halogens is 1. The van der Waals surface area contributed by atoms with Crippen molar-refractivity contribution in [2.75, 3.05) is 5.32 Å². The number of amides is 1. The molecule has 0 aromatic heterocycles. The van der Waals surface area contributed by atoms with E-state index in [2.05, 4.69) is 24.4 Å². The third kappa shape index (κ3) is 3.31. The first-order chi connectivity index (χ1) is 9.61. The standard InChI is InChI=1S/C16H17ClN2O/c1-2-14(11-6-4-3-5-7-11)19-15-10-12(16(18)20)8-9-13(15)17/h3-10,14,19H,2H2,1H3,(H2,18,20). The number of nitrogens with two attached hydrogens (primary N) is 1. The van der Waals surface area contributed by atoms with Gasteiger partial charge in [-0.1, -0.05) is 48.9 Å². The molecule has 0 aliphatic heterocycles. The van der Waals surface area contributed by atoms with Crippen LogP contribution in [0.25, 0.3) is 0 Å². The van der Waals surface area contributed by atoms with E-state index in [0.29, 0.717) is 10.6 Å². The molecule has 3 nitrogen and oxygen atoms in total. The average molecular weight is 289 g/mol. The van der Waals surface area contributed by atoms with Gasteiger partial charge in [-0.05, 0) is 30.2 Å². The van der Waals surface area contributed by atoms with Crippen LogP contribution in [0.5, 0.6) is 0 Å². The van der Waals surface area contributed by atoms with E-state index < -0.39 is 5.91 Å². The summed E-state index contributed by atoms with van der Waals surface area (Å²) in [6.45, 7) is 2.09. The van der Waals surface area contributed by atoms with E-state index in [9.17, 15) is 4.79 Å². The molecule has 0 aliphatic carbocycles. The van der Waals surface area contributed by atoms with Gasteiger partial charge in [0.1, 0.15) is 0 Å². The van der Waals surface area contributed by atoms with Crippen molar-refractivity contribution < 1.29 is 4.79 Å². The van der Waals surface area contributed by atoms with E-state index in [0.717, 1.165) is 12.1 Å². The highest BCUT2D eigenvalue weighted by Gasteiger charge is 2.12. The van der Waals surface area contributed by atoms with Crippen LogP contribution in [0.15, 0.2) is 48.5 Å². The number of benzene rings is 2. The Kier molecular flexibility index (Phi) is 4.64. The lowest BCUT2D eigenvalue weighted by Crippen LogP contribution is -2.13. The fourth-order valence-corrected chi connectivity index (χ4v) is 2.26. The molecule has 0 aliphatic rings. The van der Waals surface area contributed by atoms with Crippen molar-refractivity contribution in [3.8, 4) is 0 Å². The molecule has 2 aromatic rings. The molecule has 3 N–H and O–H groups in total. The lowest BCUT2D eigenvalue weighted by atomic mass is 10.0. The van der Waals surface area contributed by atoms with Crippen molar-refractivity contribution >= 4 is 23.2 Å². The highest BCUT2D eigenvalue weighted by Crippen LogP contribution is 2.28. The second-order valence-corrected chi connectivity index (χ2v) is 4.98. The maximum absolute atomic E-state index is 11.2. The maximum atomic E-state index is 11.2. The van der Waals surface area contributed by atoms with Gasteiger partial charge in [0, 0.05) is 5.56 Å². The van der Waals surface area contributed by atoms with Crippen LogP contribution in [-0.2, 0) is 0 Å². The topological polar surface area (TPSA) is 55.1 Å². The summed E-state index contributed by atoms with van der Waals surface area (Å²) in [4.78, 5) is 11.2. The lowest BCUT2D eigenvalue weighted by molar-refractivity contribution is 0.100. The fraction of sp³-hybridized carbons (Fsp3) is 0.188. The number of anilines is 1. The van der Waals surface area contributed by atoms with Gasteiger partial charge in [0.2, 0.25) is 5.91 Å². The van der Waals surface area contributed by atoms with Gasteiger partial charge in [-0.2, -0.15) is 0 Å². The van der Waals surface area contributed by atoms with E-state index in [1.54, 1.807) is 18.2 Å². The zero-order valence-corrected chi connectivity index (χ0v) is 12.0. The molecule has 1 unspecified atom stereocenters. The zero-order valence-electron chi connectivity index (χ0n) is 11.3. The van der Waals surface area contributed by atoms with Gasteiger partial charge in [-0.25, -0.2) is 0 Å². The van der Waals surface area contributed by atoms with Gasteiger partial charge >= 0.3 is 0 Å².